The van der Waals surface area contributed by atoms with Gasteiger partial charge in [0.25, 0.3) is 0 Å². The van der Waals surface area contributed by atoms with E-state index in [2.05, 4.69) is 44.6 Å². The summed E-state index contributed by atoms with van der Waals surface area (Å²) in [4.78, 5) is 12.3. The summed E-state index contributed by atoms with van der Waals surface area (Å²) < 4.78 is 5.37. The summed E-state index contributed by atoms with van der Waals surface area (Å²) in [6.07, 6.45) is 9.74. The summed E-state index contributed by atoms with van der Waals surface area (Å²) in [5.41, 5.74) is 1.17. The largest absolute Gasteiger partial charge is 0.437 e. The minimum atomic E-state index is -0.724. The van der Waals surface area contributed by atoms with Gasteiger partial charge in [0.2, 0.25) is 6.10 Å². The number of carbonyl (C=O) groups excluding carboxylic acids is 1. The number of esters is 1. The lowest BCUT2D eigenvalue weighted by atomic mass is 10.1. The summed E-state index contributed by atoms with van der Waals surface area (Å²) in [5.74, 6) is 8.18. The van der Waals surface area contributed by atoms with Crippen LogP contribution in [0.15, 0.2) is 11.6 Å². The fraction of sp³-hybridized carbons (Fsp3) is 0.632. The predicted octanol–water partition coefficient (Wildman–Crippen LogP) is 3.96. The lowest BCUT2D eigenvalue weighted by molar-refractivity contribution is -0.147. The van der Waals surface area contributed by atoms with E-state index in [-0.39, 0.29) is 23.2 Å². The van der Waals surface area contributed by atoms with Gasteiger partial charge < -0.3 is 4.74 Å². The summed E-state index contributed by atoms with van der Waals surface area (Å²) in [7, 11) is 0. The highest BCUT2D eigenvalue weighted by Crippen LogP contribution is 2.59. The standard InChI is InChI=1S/C19H26O2/c1-7-9-10-11-12-15(8-2)21-18(20)17-16(13-14(3)4)19(17,5)6/h2,13,15-17H,7,9-10H2,1,3-6H3. The quantitative estimate of drug-likeness (QED) is 0.331. The van der Waals surface area contributed by atoms with E-state index in [1.54, 1.807) is 0 Å². The zero-order valence-electron chi connectivity index (χ0n) is 13.8. The van der Waals surface area contributed by atoms with Gasteiger partial charge in [0.05, 0.1) is 5.92 Å². The molecule has 0 bridgehead atoms. The Morgan fingerprint density at radius 1 is 1.43 bits per heavy atom. The molecule has 21 heavy (non-hydrogen) atoms. The molecule has 1 saturated carbocycles. The number of unbranched alkanes of at least 4 members (excludes halogenated alkanes) is 2. The number of hydrogen-bond acceptors (Lipinski definition) is 2. The van der Waals surface area contributed by atoms with E-state index in [1.807, 2.05) is 13.8 Å². The smallest absolute Gasteiger partial charge is 0.312 e. The number of allylic oxidation sites excluding steroid dienone is 2. The Hall–Kier alpha value is -1.67. The second-order valence-electron chi connectivity index (χ2n) is 6.48. The Kier molecular flexibility index (Phi) is 6.10. The second-order valence-corrected chi connectivity index (χ2v) is 6.48. The Balaban J connectivity index is 2.62. The van der Waals surface area contributed by atoms with Crippen molar-refractivity contribution >= 4 is 5.97 Å². The van der Waals surface area contributed by atoms with Gasteiger partial charge in [-0.05, 0) is 43.4 Å². The minimum Gasteiger partial charge on any atom is -0.437 e. The molecule has 3 atom stereocenters. The first-order valence-electron chi connectivity index (χ1n) is 7.64. The molecule has 1 rings (SSSR count). The molecule has 114 valence electrons. The van der Waals surface area contributed by atoms with Crippen LogP contribution in [0.3, 0.4) is 0 Å². The highest BCUT2D eigenvalue weighted by atomic mass is 16.5. The van der Waals surface area contributed by atoms with E-state index >= 15 is 0 Å². The SMILES string of the molecule is C#CC(C#CCCCC)OC(=O)C1C(C=C(C)C)C1(C)C. The van der Waals surface area contributed by atoms with Crippen molar-refractivity contribution in [1.29, 1.82) is 0 Å². The van der Waals surface area contributed by atoms with E-state index in [0.717, 1.165) is 19.3 Å². The van der Waals surface area contributed by atoms with E-state index in [9.17, 15) is 4.79 Å². The van der Waals surface area contributed by atoms with Crippen LogP contribution in [-0.2, 0) is 9.53 Å². The molecular weight excluding hydrogens is 260 g/mol. The molecule has 0 amide bonds. The Labute approximate surface area is 129 Å². The van der Waals surface area contributed by atoms with Crippen LogP contribution in [0.2, 0.25) is 0 Å². The van der Waals surface area contributed by atoms with Crippen LogP contribution in [0.1, 0.15) is 53.9 Å². The number of carbonyl (C=O) groups is 1. The van der Waals surface area contributed by atoms with Gasteiger partial charge in [0.15, 0.2) is 0 Å². The van der Waals surface area contributed by atoms with Crippen molar-refractivity contribution < 1.29 is 9.53 Å². The molecule has 0 heterocycles. The fourth-order valence-corrected chi connectivity index (χ4v) is 2.52. The summed E-state index contributed by atoms with van der Waals surface area (Å²) in [5, 5.41) is 0. The molecule has 0 N–H and O–H groups in total. The van der Waals surface area contributed by atoms with E-state index in [4.69, 9.17) is 11.2 Å². The van der Waals surface area contributed by atoms with Gasteiger partial charge >= 0.3 is 5.97 Å². The molecule has 1 fully saturated rings. The van der Waals surface area contributed by atoms with Gasteiger partial charge in [-0.1, -0.05) is 44.8 Å². The third-order valence-electron chi connectivity index (χ3n) is 3.95. The highest BCUT2D eigenvalue weighted by molar-refractivity contribution is 5.79. The molecular formula is C19H26O2. The molecule has 1 aliphatic carbocycles. The molecule has 0 radical (unpaired) electrons. The van der Waals surface area contributed by atoms with Crippen molar-refractivity contribution in [2.45, 2.75) is 60.0 Å². The van der Waals surface area contributed by atoms with Gasteiger partial charge in [0, 0.05) is 6.42 Å². The number of rotatable bonds is 5. The highest BCUT2D eigenvalue weighted by Gasteiger charge is 2.61. The predicted molar refractivity (Wildman–Crippen MR) is 86.2 cm³/mol. The van der Waals surface area contributed by atoms with Gasteiger partial charge in [-0.2, -0.15) is 0 Å². The molecule has 0 saturated heterocycles. The van der Waals surface area contributed by atoms with Gasteiger partial charge in [-0.15, -0.1) is 6.42 Å². The van der Waals surface area contributed by atoms with Crippen LogP contribution in [0.4, 0.5) is 0 Å². The molecule has 2 heteroatoms. The number of ether oxygens (including phenoxy) is 1. The maximum Gasteiger partial charge on any atom is 0.312 e. The van der Waals surface area contributed by atoms with Crippen LogP contribution < -0.4 is 0 Å². The lowest BCUT2D eigenvalue weighted by Gasteiger charge is -2.07. The first-order valence-corrected chi connectivity index (χ1v) is 7.64. The number of hydrogen-bond donors (Lipinski definition) is 0. The summed E-state index contributed by atoms with van der Waals surface area (Å²) in [6.45, 7) is 10.4. The molecule has 0 spiro atoms. The average Bonchev–Trinajstić information content (AvgIpc) is 2.93. The fourth-order valence-electron chi connectivity index (χ4n) is 2.52. The third-order valence-corrected chi connectivity index (χ3v) is 3.95. The molecule has 2 nitrogen and oxygen atoms in total. The molecule has 3 unspecified atom stereocenters. The van der Waals surface area contributed by atoms with Crippen LogP contribution in [-0.4, -0.2) is 12.1 Å². The molecule has 0 aromatic heterocycles. The Bertz CT molecular complexity index is 504. The van der Waals surface area contributed by atoms with Crippen molar-refractivity contribution in [3.05, 3.63) is 11.6 Å². The van der Waals surface area contributed by atoms with Gasteiger partial charge in [-0.3, -0.25) is 4.79 Å². The van der Waals surface area contributed by atoms with Crippen molar-refractivity contribution in [2.75, 3.05) is 0 Å². The van der Waals surface area contributed by atoms with E-state index in [0.29, 0.717) is 0 Å². The second kappa shape index (κ2) is 7.37. The Morgan fingerprint density at radius 2 is 2.10 bits per heavy atom. The number of terminal acetylenes is 1. The van der Waals surface area contributed by atoms with E-state index < -0.39 is 6.10 Å². The normalized spacial score (nSPS) is 23.0. The van der Waals surface area contributed by atoms with Crippen molar-refractivity contribution in [1.82, 2.24) is 0 Å². The minimum absolute atomic E-state index is 0.0524. The van der Waals surface area contributed by atoms with Crippen molar-refractivity contribution in [3.63, 3.8) is 0 Å². The summed E-state index contributed by atoms with van der Waals surface area (Å²) >= 11 is 0. The maximum absolute atomic E-state index is 12.3. The van der Waals surface area contributed by atoms with Crippen LogP contribution >= 0.6 is 0 Å². The average molecular weight is 286 g/mol. The van der Waals surface area contributed by atoms with Gasteiger partial charge in [0.1, 0.15) is 0 Å². The Morgan fingerprint density at radius 3 is 2.62 bits per heavy atom. The van der Waals surface area contributed by atoms with Gasteiger partial charge in [-0.25, -0.2) is 0 Å². The zero-order valence-corrected chi connectivity index (χ0v) is 13.8. The zero-order chi connectivity index (χ0) is 16.0. The van der Waals surface area contributed by atoms with Crippen molar-refractivity contribution in [2.24, 2.45) is 17.3 Å². The summed E-state index contributed by atoms with van der Waals surface area (Å²) in [6, 6.07) is 0. The van der Waals surface area contributed by atoms with Crippen molar-refractivity contribution in [3.8, 4) is 24.2 Å². The lowest BCUT2D eigenvalue weighted by Crippen LogP contribution is -2.18. The molecule has 0 aromatic rings. The van der Waals surface area contributed by atoms with E-state index in [1.165, 1.54) is 5.57 Å². The molecule has 0 aliphatic heterocycles. The maximum atomic E-state index is 12.3. The first kappa shape index (κ1) is 17.4. The van der Waals surface area contributed by atoms with Crippen LogP contribution in [0, 0.1) is 41.4 Å². The molecule has 1 aliphatic rings. The topological polar surface area (TPSA) is 26.3 Å². The first-order chi connectivity index (χ1) is 9.84. The molecule has 0 aromatic carbocycles. The van der Waals surface area contributed by atoms with Crippen LogP contribution in [0.25, 0.3) is 0 Å². The van der Waals surface area contributed by atoms with Crippen LogP contribution in [0.5, 0.6) is 0 Å². The third kappa shape index (κ3) is 4.68. The monoisotopic (exact) mass is 286 g/mol.